The standard InChI is InChI=1S/C11H22N2O3/c1-5-6-8(4)12-11(16)13-9(7(2)3)10(14)15/h7-9H,5-6H2,1-4H3,(H,14,15)(H2,12,13,16)/t8?,9-/m1/s1. The number of carbonyl (C=O) groups excluding carboxylic acids is 1. The van der Waals surface area contributed by atoms with E-state index in [2.05, 4.69) is 10.6 Å². The van der Waals surface area contributed by atoms with Gasteiger partial charge in [0.25, 0.3) is 0 Å². The molecule has 0 saturated carbocycles. The van der Waals surface area contributed by atoms with Crippen LogP contribution < -0.4 is 10.6 Å². The van der Waals surface area contributed by atoms with Crippen molar-refractivity contribution in [1.82, 2.24) is 10.6 Å². The van der Waals surface area contributed by atoms with Crippen LogP contribution in [0.2, 0.25) is 0 Å². The minimum absolute atomic E-state index is 0.0617. The number of carbonyl (C=O) groups is 2. The molecular formula is C11H22N2O3. The van der Waals surface area contributed by atoms with E-state index >= 15 is 0 Å². The summed E-state index contributed by atoms with van der Waals surface area (Å²) in [5, 5.41) is 14.1. The molecule has 0 aromatic rings. The number of amides is 2. The minimum Gasteiger partial charge on any atom is -0.480 e. The average Bonchev–Trinajstić information content (AvgIpc) is 2.13. The van der Waals surface area contributed by atoms with E-state index in [1.54, 1.807) is 13.8 Å². The fourth-order valence-corrected chi connectivity index (χ4v) is 1.43. The third-order valence-electron chi connectivity index (χ3n) is 2.32. The summed E-state index contributed by atoms with van der Waals surface area (Å²) in [5.74, 6) is -1.14. The zero-order chi connectivity index (χ0) is 12.7. The van der Waals surface area contributed by atoms with Crippen LogP contribution in [-0.2, 0) is 4.79 Å². The summed E-state index contributed by atoms with van der Waals surface area (Å²) in [6.07, 6.45) is 1.86. The van der Waals surface area contributed by atoms with Crippen molar-refractivity contribution in [1.29, 1.82) is 0 Å². The van der Waals surface area contributed by atoms with E-state index in [9.17, 15) is 9.59 Å². The third-order valence-corrected chi connectivity index (χ3v) is 2.32. The molecule has 16 heavy (non-hydrogen) atoms. The Bertz CT molecular complexity index is 241. The second kappa shape index (κ2) is 7.09. The number of aliphatic carboxylic acids is 1. The van der Waals surface area contributed by atoms with Gasteiger partial charge in [-0.15, -0.1) is 0 Å². The van der Waals surface area contributed by atoms with Crippen molar-refractivity contribution in [2.75, 3.05) is 0 Å². The van der Waals surface area contributed by atoms with Crippen molar-refractivity contribution in [3.63, 3.8) is 0 Å². The second-order valence-electron chi connectivity index (χ2n) is 4.37. The molecule has 5 heteroatoms. The molecule has 0 aromatic heterocycles. The fourth-order valence-electron chi connectivity index (χ4n) is 1.43. The molecule has 2 amide bonds. The molecule has 0 heterocycles. The quantitative estimate of drug-likeness (QED) is 0.648. The lowest BCUT2D eigenvalue weighted by Crippen LogP contribution is -2.50. The molecule has 0 aliphatic rings. The van der Waals surface area contributed by atoms with E-state index < -0.39 is 18.0 Å². The maximum atomic E-state index is 11.5. The number of hydrogen-bond acceptors (Lipinski definition) is 2. The van der Waals surface area contributed by atoms with Crippen LogP contribution in [0.3, 0.4) is 0 Å². The monoisotopic (exact) mass is 230 g/mol. The maximum absolute atomic E-state index is 11.5. The van der Waals surface area contributed by atoms with Crippen molar-refractivity contribution in [3.8, 4) is 0 Å². The second-order valence-corrected chi connectivity index (χ2v) is 4.37. The first kappa shape index (κ1) is 14.7. The van der Waals surface area contributed by atoms with E-state index in [1.165, 1.54) is 0 Å². The van der Waals surface area contributed by atoms with Crippen LogP contribution in [-0.4, -0.2) is 29.2 Å². The lowest BCUT2D eigenvalue weighted by Gasteiger charge is -2.20. The number of rotatable bonds is 6. The Morgan fingerprint density at radius 1 is 1.19 bits per heavy atom. The number of urea groups is 1. The van der Waals surface area contributed by atoms with Crippen LogP contribution in [0.4, 0.5) is 4.79 Å². The summed E-state index contributed by atoms with van der Waals surface area (Å²) in [5.41, 5.74) is 0. The highest BCUT2D eigenvalue weighted by Gasteiger charge is 2.23. The zero-order valence-corrected chi connectivity index (χ0v) is 10.4. The number of hydrogen-bond donors (Lipinski definition) is 3. The molecule has 3 N–H and O–H groups in total. The van der Waals surface area contributed by atoms with E-state index in [-0.39, 0.29) is 12.0 Å². The van der Waals surface area contributed by atoms with Crippen LogP contribution in [0.15, 0.2) is 0 Å². The molecule has 0 spiro atoms. The van der Waals surface area contributed by atoms with E-state index in [1.807, 2.05) is 13.8 Å². The molecule has 1 unspecified atom stereocenters. The lowest BCUT2D eigenvalue weighted by molar-refractivity contribution is -0.140. The highest BCUT2D eigenvalue weighted by Crippen LogP contribution is 2.02. The molecule has 0 bridgehead atoms. The molecule has 0 aliphatic heterocycles. The normalized spacial score (nSPS) is 14.3. The van der Waals surface area contributed by atoms with Gasteiger partial charge in [0.15, 0.2) is 0 Å². The van der Waals surface area contributed by atoms with Crippen LogP contribution in [0.5, 0.6) is 0 Å². The van der Waals surface area contributed by atoms with Crippen molar-refractivity contribution in [3.05, 3.63) is 0 Å². The Morgan fingerprint density at radius 2 is 1.75 bits per heavy atom. The Kier molecular flexibility index (Phi) is 6.53. The molecule has 0 aliphatic carbocycles. The number of nitrogens with one attached hydrogen (secondary N) is 2. The van der Waals surface area contributed by atoms with Crippen LogP contribution in [0, 0.1) is 5.92 Å². The van der Waals surface area contributed by atoms with Gasteiger partial charge in [-0.1, -0.05) is 27.2 Å². The number of carboxylic acid groups (broad SMARTS) is 1. The first-order chi connectivity index (χ1) is 7.38. The summed E-state index contributed by atoms with van der Waals surface area (Å²) in [7, 11) is 0. The number of carboxylic acids is 1. The third kappa shape index (κ3) is 5.58. The van der Waals surface area contributed by atoms with E-state index in [0.717, 1.165) is 12.8 Å². The fraction of sp³-hybridized carbons (Fsp3) is 0.818. The molecule has 94 valence electrons. The van der Waals surface area contributed by atoms with E-state index in [4.69, 9.17) is 5.11 Å². The van der Waals surface area contributed by atoms with Crippen LogP contribution in [0.25, 0.3) is 0 Å². The summed E-state index contributed by atoms with van der Waals surface area (Å²) in [6.45, 7) is 7.45. The Balaban J connectivity index is 4.15. The lowest BCUT2D eigenvalue weighted by atomic mass is 10.1. The summed E-state index contributed by atoms with van der Waals surface area (Å²) in [4.78, 5) is 22.3. The molecule has 0 rings (SSSR count). The highest BCUT2D eigenvalue weighted by molar-refractivity contribution is 5.82. The first-order valence-electron chi connectivity index (χ1n) is 5.68. The summed E-state index contributed by atoms with van der Waals surface area (Å²) < 4.78 is 0. The summed E-state index contributed by atoms with van der Waals surface area (Å²) >= 11 is 0. The van der Waals surface area contributed by atoms with Crippen molar-refractivity contribution < 1.29 is 14.7 Å². The van der Waals surface area contributed by atoms with Crippen molar-refractivity contribution >= 4 is 12.0 Å². The van der Waals surface area contributed by atoms with Gasteiger partial charge in [0.1, 0.15) is 6.04 Å². The van der Waals surface area contributed by atoms with Gasteiger partial charge < -0.3 is 15.7 Å². The van der Waals surface area contributed by atoms with Gasteiger partial charge in [-0.25, -0.2) is 9.59 Å². The zero-order valence-electron chi connectivity index (χ0n) is 10.4. The van der Waals surface area contributed by atoms with Crippen molar-refractivity contribution in [2.24, 2.45) is 5.92 Å². The van der Waals surface area contributed by atoms with Gasteiger partial charge in [0.05, 0.1) is 0 Å². The SMILES string of the molecule is CCCC(C)NC(=O)N[C@@H](C(=O)O)C(C)C. The van der Waals surface area contributed by atoms with E-state index in [0.29, 0.717) is 0 Å². The highest BCUT2D eigenvalue weighted by atomic mass is 16.4. The Hall–Kier alpha value is -1.26. The van der Waals surface area contributed by atoms with Crippen molar-refractivity contribution in [2.45, 2.75) is 52.6 Å². The van der Waals surface area contributed by atoms with Gasteiger partial charge in [-0.3, -0.25) is 0 Å². The molecule has 0 saturated heterocycles. The smallest absolute Gasteiger partial charge is 0.326 e. The molecule has 0 fully saturated rings. The van der Waals surface area contributed by atoms with Gasteiger partial charge in [0, 0.05) is 6.04 Å². The minimum atomic E-state index is -1.01. The predicted octanol–water partition coefficient (Wildman–Crippen LogP) is 1.58. The van der Waals surface area contributed by atoms with Crippen LogP contribution >= 0.6 is 0 Å². The molecular weight excluding hydrogens is 208 g/mol. The average molecular weight is 230 g/mol. The molecule has 0 aromatic carbocycles. The summed E-state index contributed by atoms with van der Waals surface area (Å²) in [6, 6.07) is -1.19. The van der Waals surface area contributed by atoms with Gasteiger partial charge in [-0.2, -0.15) is 0 Å². The first-order valence-corrected chi connectivity index (χ1v) is 5.68. The van der Waals surface area contributed by atoms with Gasteiger partial charge >= 0.3 is 12.0 Å². The maximum Gasteiger partial charge on any atom is 0.326 e. The Labute approximate surface area is 96.6 Å². The largest absolute Gasteiger partial charge is 0.480 e. The van der Waals surface area contributed by atoms with Gasteiger partial charge in [0.2, 0.25) is 0 Å². The molecule has 0 radical (unpaired) electrons. The van der Waals surface area contributed by atoms with Crippen LogP contribution in [0.1, 0.15) is 40.5 Å². The Morgan fingerprint density at radius 3 is 2.12 bits per heavy atom. The topological polar surface area (TPSA) is 78.4 Å². The van der Waals surface area contributed by atoms with Gasteiger partial charge in [-0.05, 0) is 19.3 Å². The molecule has 2 atom stereocenters. The predicted molar refractivity (Wildman–Crippen MR) is 62.3 cm³/mol. The molecule has 5 nitrogen and oxygen atoms in total.